The van der Waals surface area contributed by atoms with Gasteiger partial charge in [0.15, 0.2) is 5.16 Å². The number of carbonyl (C=O) groups excluding carboxylic acids is 1. The lowest BCUT2D eigenvalue weighted by atomic mass is 10.4. The molecule has 5 nitrogen and oxygen atoms in total. The van der Waals surface area contributed by atoms with E-state index in [1.807, 2.05) is 25.3 Å². The number of thiophene rings is 1. The van der Waals surface area contributed by atoms with Crippen LogP contribution in [0.1, 0.15) is 20.3 Å². The number of nitrogens with zero attached hydrogens (tertiary/aromatic N) is 2. The second-order valence-corrected chi connectivity index (χ2v) is 6.08. The van der Waals surface area contributed by atoms with Gasteiger partial charge in [0.1, 0.15) is 4.70 Å². The van der Waals surface area contributed by atoms with E-state index >= 15 is 0 Å². The van der Waals surface area contributed by atoms with Crippen LogP contribution in [0, 0.1) is 0 Å². The minimum atomic E-state index is -0.0285. The quantitative estimate of drug-likeness (QED) is 0.655. The van der Waals surface area contributed by atoms with Gasteiger partial charge in [-0.15, -0.1) is 11.3 Å². The summed E-state index contributed by atoms with van der Waals surface area (Å²) in [6.07, 6.45) is 0.912. The van der Waals surface area contributed by atoms with Gasteiger partial charge >= 0.3 is 0 Å². The summed E-state index contributed by atoms with van der Waals surface area (Å²) in [4.78, 5) is 28.4. The van der Waals surface area contributed by atoms with Crippen molar-refractivity contribution >= 4 is 39.2 Å². The van der Waals surface area contributed by atoms with Gasteiger partial charge in [-0.3, -0.25) is 14.2 Å². The van der Waals surface area contributed by atoms with Crippen LogP contribution in [0.2, 0.25) is 0 Å². The molecule has 0 aliphatic carbocycles. The van der Waals surface area contributed by atoms with E-state index in [0.29, 0.717) is 28.5 Å². The number of aromatic nitrogens is 2. The van der Waals surface area contributed by atoms with Crippen LogP contribution in [0.25, 0.3) is 10.2 Å². The molecule has 7 heteroatoms. The molecule has 0 bridgehead atoms. The molecule has 2 aromatic rings. The van der Waals surface area contributed by atoms with Crippen LogP contribution in [-0.4, -0.2) is 27.8 Å². The molecular formula is C13H17N3O2S2. The summed E-state index contributed by atoms with van der Waals surface area (Å²) >= 11 is 2.71. The Hall–Kier alpha value is -1.34. The number of hydrogen-bond donors (Lipinski definition) is 1. The van der Waals surface area contributed by atoms with E-state index in [1.54, 1.807) is 4.57 Å². The Bertz CT molecular complexity index is 663. The Morgan fingerprint density at radius 3 is 3.00 bits per heavy atom. The summed E-state index contributed by atoms with van der Waals surface area (Å²) in [5, 5.41) is 5.28. The van der Waals surface area contributed by atoms with Crippen LogP contribution in [0.5, 0.6) is 0 Å². The highest BCUT2D eigenvalue weighted by Gasteiger charge is 2.12. The molecule has 0 fully saturated rings. The van der Waals surface area contributed by atoms with E-state index < -0.39 is 0 Å². The molecule has 2 rings (SSSR count). The first-order chi connectivity index (χ1) is 9.67. The molecule has 0 aliphatic rings. The molecule has 1 amide bonds. The Morgan fingerprint density at radius 2 is 2.30 bits per heavy atom. The molecule has 2 aromatic heterocycles. The zero-order chi connectivity index (χ0) is 14.5. The first-order valence-corrected chi connectivity index (χ1v) is 8.41. The second kappa shape index (κ2) is 6.90. The smallest absolute Gasteiger partial charge is 0.272 e. The molecule has 0 spiro atoms. The molecule has 0 aliphatic heterocycles. The van der Waals surface area contributed by atoms with Crippen molar-refractivity contribution in [2.24, 2.45) is 0 Å². The van der Waals surface area contributed by atoms with Crippen molar-refractivity contribution in [1.82, 2.24) is 14.9 Å². The molecule has 20 heavy (non-hydrogen) atoms. The third-order valence-corrected chi connectivity index (χ3v) is 4.62. The lowest BCUT2D eigenvalue weighted by Crippen LogP contribution is -2.27. The van der Waals surface area contributed by atoms with Crippen molar-refractivity contribution in [1.29, 1.82) is 0 Å². The summed E-state index contributed by atoms with van der Waals surface area (Å²) < 4.78 is 2.29. The van der Waals surface area contributed by atoms with Crippen LogP contribution < -0.4 is 10.9 Å². The summed E-state index contributed by atoms with van der Waals surface area (Å²) in [5.41, 5.74) is 0.685. The van der Waals surface area contributed by atoms with E-state index in [9.17, 15) is 9.59 Å². The highest BCUT2D eigenvalue weighted by atomic mass is 32.2. The number of fused-ring (bicyclic) bond motifs is 1. The Labute approximate surface area is 125 Å². The van der Waals surface area contributed by atoms with E-state index in [-0.39, 0.29) is 17.2 Å². The number of carbonyl (C=O) groups is 1. The Balaban J connectivity index is 2.20. The maximum absolute atomic E-state index is 12.3. The Kier molecular flexibility index (Phi) is 5.19. The van der Waals surface area contributed by atoms with Crippen molar-refractivity contribution in [3.05, 3.63) is 21.8 Å². The average Bonchev–Trinajstić information content (AvgIpc) is 2.91. The van der Waals surface area contributed by atoms with Crippen LogP contribution in [0.4, 0.5) is 0 Å². The van der Waals surface area contributed by atoms with Crippen molar-refractivity contribution in [2.75, 3.05) is 12.3 Å². The normalized spacial score (nSPS) is 10.9. The van der Waals surface area contributed by atoms with Gasteiger partial charge in [-0.1, -0.05) is 18.7 Å². The third-order valence-electron chi connectivity index (χ3n) is 2.75. The van der Waals surface area contributed by atoms with Gasteiger partial charge < -0.3 is 5.32 Å². The number of rotatable bonds is 6. The highest BCUT2D eigenvalue weighted by Crippen LogP contribution is 2.20. The molecular weight excluding hydrogens is 294 g/mol. The maximum Gasteiger partial charge on any atom is 0.272 e. The van der Waals surface area contributed by atoms with E-state index in [0.717, 1.165) is 6.42 Å². The molecule has 1 N–H and O–H groups in total. The molecule has 108 valence electrons. The topological polar surface area (TPSA) is 64.0 Å². The predicted octanol–water partition coefficient (Wildman–Crippen LogP) is 2.10. The van der Waals surface area contributed by atoms with Gasteiger partial charge in [0.25, 0.3) is 5.56 Å². The summed E-state index contributed by atoms with van der Waals surface area (Å²) in [6.45, 7) is 5.15. The van der Waals surface area contributed by atoms with Gasteiger partial charge in [0.05, 0.1) is 11.3 Å². The Morgan fingerprint density at radius 1 is 1.50 bits per heavy atom. The molecule has 0 atom stereocenters. The SMILES string of the molecule is CCCNC(=O)CSc1nc2ccsc2c(=O)n1CC. The van der Waals surface area contributed by atoms with Crippen molar-refractivity contribution in [3.8, 4) is 0 Å². The van der Waals surface area contributed by atoms with E-state index in [2.05, 4.69) is 10.3 Å². The van der Waals surface area contributed by atoms with Crippen molar-refractivity contribution in [3.63, 3.8) is 0 Å². The zero-order valence-electron chi connectivity index (χ0n) is 11.5. The predicted molar refractivity (Wildman–Crippen MR) is 83.6 cm³/mol. The minimum Gasteiger partial charge on any atom is -0.355 e. The van der Waals surface area contributed by atoms with Crippen LogP contribution in [0.15, 0.2) is 21.4 Å². The number of hydrogen-bond acceptors (Lipinski definition) is 5. The second-order valence-electron chi connectivity index (χ2n) is 4.22. The fourth-order valence-corrected chi connectivity index (χ4v) is 3.43. The molecule has 0 radical (unpaired) electrons. The van der Waals surface area contributed by atoms with Crippen molar-refractivity contribution in [2.45, 2.75) is 32.0 Å². The monoisotopic (exact) mass is 311 g/mol. The maximum atomic E-state index is 12.3. The number of amides is 1. The molecule has 0 unspecified atom stereocenters. The molecule has 0 saturated heterocycles. The van der Waals surface area contributed by atoms with E-state index in [4.69, 9.17) is 0 Å². The van der Waals surface area contributed by atoms with Gasteiger partial charge in [-0.05, 0) is 24.8 Å². The zero-order valence-corrected chi connectivity index (χ0v) is 13.1. The standard InChI is InChI=1S/C13H17N3O2S2/c1-3-6-14-10(17)8-20-13-15-9-5-7-19-11(9)12(18)16(13)4-2/h5,7H,3-4,6,8H2,1-2H3,(H,14,17). The molecule has 0 aromatic carbocycles. The van der Waals surface area contributed by atoms with Gasteiger partial charge in [0.2, 0.25) is 5.91 Å². The number of thioether (sulfide) groups is 1. The van der Waals surface area contributed by atoms with Crippen molar-refractivity contribution < 1.29 is 4.79 Å². The number of nitrogens with one attached hydrogen (secondary N) is 1. The first kappa shape index (κ1) is 15.1. The summed E-state index contributed by atoms with van der Waals surface area (Å²) in [5.74, 6) is 0.251. The van der Waals surface area contributed by atoms with Crippen LogP contribution >= 0.6 is 23.1 Å². The lowest BCUT2D eigenvalue weighted by molar-refractivity contribution is -0.118. The van der Waals surface area contributed by atoms with E-state index in [1.165, 1.54) is 23.1 Å². The van der Waals surface area contributed by atoms with Crippen LogP contribution in [-0.2, 0) is 11.3 Å². The summed E-state index contributed by atoms with van der Waals surface area (Å²) in [7, 11) is 0. The average molecular weight is 311 g/mol. The minimum absolute atomic E-state index is 0.0241. The molecule has 2 heterocycles. The van der Waals surface area contributed by atoms with Gasteiger partial charge in [-0.25, -0.2) is 4.98 Å². The fourth-order valence-electron chi connectivity index (χ4n) is 1.76. The largest absolute Gasteiger partial charge is 0.355 e. The first-order valence-electron chi connectivity index (χ1n) is 6.54. The fraction of sp³-hybridized carbons (Fsp3) is 0.462. The summed E-state index contributed by atoms with van der Waals surface area (Å²) in [6, 6.07) is 1.84. The van der Waals surface area contributed by atoms with Crippen LogP contribution in [0.3, 0.4) is 0 Å². The lowest BCUT2D eigenvalue weighted by Gasteiger charge is -2.09. The van der Waals surface area contributed by atoms with Gasteiger partial charge in [-0.2, -0.15) is 0 Å². The molecule has 0 saturated carbocycles. The highest BCUT2D eigenvalue weighted by molar-refractivity contribution is 7.99. The van der Waals surface area contributed by atoms with Gasteiger partial charge in [0, 0.05) is 13.1 Å². The third kappa shape index (κ3) is 3.21.